The lowest BCUT2D eigenvalue weighted by Crippen LogP contribution is -1.94. The monoisotopic (exact) mass is 256 g/mol. The highest BCUT2D eigenvalue weighted by atomic mass is 35.5. The molecule has 0 amide bonds. The zero-order chi connectivity index (χ0) is 12.4. The first-order valence-corrected chi connectivity index (χ1v) is 5.79. The third kappa shape index (κ3) is 2.24. The van der Waals surface area contributed by atoms with E-state index in [2.05, 4.69) is 20.3 Å². The van der Waals surface area contributed by atoms with Crippen molar-refractivity contribution in [3.8, 4) is 0 Å². The zero-order valence-electron chi connectivity index (χ0n) is 9.34. The van der Waals surface area contributed by atoms with Crippen molar-refractivity contribution < 1.29 is 0 Å². The molecule has 0 aliphatic carbocycles. The fourth-order valence-electron chi connectivity index (χ4n) is 1.71. The molecule has 0 aliphatic heterocycles. The second-order valence-corrected chi connectivity index (χ2v) is 4.08. The van der Waals surface area contributed by atoms with Gasteiger partial charge in [0.25, 0.3) is 0 Å². The summed E-state index contributed by atoms with van der Waals surface area (Å²) >= 11 is 5.73. The van der Waals surface area contributed by atoms with Crippen molar-refractivity contribution in [1.29, 1.82) is 0 Å². The van der Waals surface area contributed by atoms with Crippen LogP contribution in [0.2, 0.25) is 5.28 Å². The number of halogens is 1. The molecule has 0 saturated carbocycles. The third-order valence-electron chi connectivity index (χ3n) is 2.50. The Bertz CT molecular complexity index is 699. The molecule has 0 fully saturated rings. The number of nitrogens with zero attached hydrogens (tertiary/aromatic N) is 3. The fourth-order valence-corrected chi connectivity index (χ4v) is 1.85. The van der Waals surface area contributed by atoms with Gasteiger partial charge in [-0.1, -0.05) is 6.07 Å². The van der Waals surface area contributed by atoms with Gasteiger partial charge in [0.2, 0.25) is 5.28 Å². The molecule has 88 valence electrons. The number of pyridine rings is 1. The van der Waals surface area contributed by atoms with E-state index in [0.29, 0.717) is 5.82 Å². The minimum Gasteiger partial charge on any atom is -0.340 e. The molecule has 3 rings (SSSR count). The van der Waals surface area contributed by atoms with Crippen LogP contribution in [0.3, 0.4) is 0 Å². The van der Waals surface area contributed by atoms with Crippen molar-refractivity contribution >= 4 is 34.0 Å². The Balaban J connectivity index is 1.95. The molecule has 0 radical (unpaired) electrons. The van der Waals surface area contributed by atoms with Crippen LogP contribution in [0.1, 0.15) is 0 Å². The Hall–Kier alpha value is -2.20. The normalized spacial score (nSPS) is 10.5. The predicted molar refractivity (Wildman–Crippen MR) is 72.1 cm³/mol. The highest BCUT2D eigenvalue weighted by Gasteiger charge is 1.99. The van der Waals surface area contributed by atoms with Gasteiger partial charge in [0.05, 0.1) is 5.52 Å². The number of benzene rings is 1. The standard InChI is InChI=1S/C13H9ClN4/c14-13-16-7-5-12(18-13)17-10-3-4-11-9(8-10)2-1-6-15-11/h1-8H,(H,16,17,18). The van der Waals surface area contributed by atoms with Crippen LogP contribution in [0.15, 0.2) is 48.8 Å². The molecular weight excluding hydrogens is 248 g/mol. The third-order valence-corrected chi connectivity index (χ3v) is 2.68. The van der Waals surface area contributed by atoms with E-state index >= 15 is 0 Å². The quantitative estimate of drug-likeness (QED) is 0.714. The smallest absolute Gasteiger partial charge is 0.224 e. The summed E-state index contributed by atoms with van der Waals surface area (Å²) in [5.74, 6) is 0.665. The highest BCUT2D eigenvalue weighted by Crippen LogP contribution is 2.20. The first-order chi connectivity index (χ1) is 8.81. The molecule has 0 unspecified atom stereocenters. The van der Waals surface area contributed by atoms with E-state index in [1.807, 2.05) is 30.3 Å². The van der Waals surface area contributed by atoms with Crippen molar-refractivity contribution in [2.45, 2.75) is 0 Å². The Morgan fingerprint density at radius 1 is 1.00 bits per heavy atom. The Kier molecular flexibility index (Phi) is 2.78. The molecule has 1 aromatic carbocycles. The van der Waals surface area contributed by atoms with Gasteiger partial charge in [-0.2, -0.15) is 0 Å². The number of aromatic nitrogens is 3. The Morgan fingerprint density at radius 3 is 2.83 bits per heavy atom. The van der Waals surface area contributed by atoms with Crippen LogP contribution < -0.4 is 5.32 Å². The number of fused-ring (bicyclic) bond motifs is 1. The summed E-state index contributed by atoms with van der Waals surface area (Å²) in [7, 11) is 0. The van der Waals surface area contributed by atoms with Gasteiger partial charge in [-0.25, -0.2) is 9.97 Å². The Labute approximate surface area is 109 Å². The Morgan fingerprint density at radius 2 is 1.94 bits per heavy atom. The van der Waals surface area contributed by atoms with Crippen molar-refractivity contribution in [2.75, 3.05) is 5.32 Å². The molecule has 0 aliphatic rings. The molecule has 4 nitrogen and oxygen atoms in total. The summed E-state index contributed by atoms with van der Waals surface area (Å²) in [6, 6.07) is 11.6. The van der Waals surface area contributed by atoms with Crippen molar-refractivity contribution in [3.05, 3.63) is 54.1 Å². The number of nitrogens with one attached hydrogen (secondary N) is 1. The lowest BCUT2D eigenvalue weighted by atomic mass is 10.2. The van der Waals surface area contributed by atoms with E-state index in [-0.39, 0.29) is 5.28 Å². The van der Waals surface area contributed by atoms with E-state index in [1.165, 1.54) is 0 Å². The van der Waals surface area contributed by atoms with Gasteiger partial charge in [-0.3, -0.25) is 4.98 Å². The number of anilines is 2. The van der Waals surface area contributed by atoms with Crippen molar-refractivity contribution in [1.82, 2.24) is 15.0 Å². The molecule has 0 saturated heterocycles. The largest absolute Gasteiger partial charge is 0.340 e. The van der Waals surface area contributed by atoms with Crippen LogP contribution >= 0.6 is 11.6 Å². The summed E-state index contributed by atoms with van der Waals surface area (Å²) in [6.45, 7) is 0. The van der Waals surface area contributed by atoms with Crippen LogP contribution in [0.25, 0.3) is 10.9 Å². The van der Waals surface area contributed by atoms with Crippen LogP contribution in [0.4, 0.5) is 11.5 Å². The van der Waals surface area contributed by atoms with Crippen LogP contribution in [0.5, 0.6) is 0 Å². The molecular formula is C13H9ClN4. The molecule has 2 heterocycles. The fraction of sp³-hybridized carbons (Fsp3) is 0. The molecule has 18 heavy (non-hydrogen) atoms. The van der Waals surface area contributed by atoms with E-state index in [9.17, 15) is 0 Å². The SMILES string of the molecule is Clc1nccc(Nc2ccc3ncccc3c2)n1. The van der Waals surface area contributed by atoms with Gasteiger partial charge in [0.15, 0.2) is 0 Å². The summed E-state index contributed by atoms with van der Waals surface area (Å²) in [5.41, 5.74) is 1.90. The predicted octanol–water partition coefficient (Wildman–Crippen LogP) is 3.42. The van der Waals surface area contributed by atoms with Gasteiger partial charge in [-0.05, 0) is 41.9 Å². The van der Waals surface area contributed by atoms with Crippen molar-refractivity contribution in [3.63, 3.8) is 0 Å². The van der Waals surface area contributed by atoms with Gasteiger partial charge >= 0.3 is 0 Å². The lowest BCUT2D eigenvalue weighted by Gasteiger charge is -2.06. The van der Waals surface area contributed by atoms with E-state index in [0.717, 1.165) is 16.6 Å². The number of rotatable bonds is 2. The number of hydrogen-bond donors (Lipinski definition) is 1. The van der Waals surface area contributed by atoms with E-state index in [4.69, 9.17) is 11.6 Å². The molecule has 0 bridgehead atoms. The summed E-state index contributed by atoms with van der Waals surface area (Å²) < 4.78 is 0. The molecule has 0 spiro atoms. The maximum Gasteiger partial charge on any atom is 0.224 e. The molecule has 1 N–H and O–H groups in total. The maximum absolute atomic E-state index is 5.73. The van der Waals surface area contributed by atoms with Crippen LogP contribution in [-0.4, -0.2) is 15.0 Å². The summed E-state index contributed by atoms with van der Waals surface area (Å²) in [6.07, 6.45) is 3.39. The first-order valence-electron chi connectivity index (χ1n) is 5.42. The van der Waals surface area contributed by atoms with Gasteiger partial charge in [-0.15, -0.1) is 0 Å². The summed E-state index contributed by atoms with van der Waals surface area (Å²) in [5, 5.41) is 4.47. The maximum atomic E-state index is 5.73. The molecule has 2 aromatic heterocycles. The van der Waals surface area contributed by atoms with Gasteiger partial charge in [0, 0.05) is 23.5 Å². The first kappa shape index (κ1) is 10.9. The average molecular weight is 257 g/mol. The van der Waals surface area contributed by atoms with Crippen molar-refractivity contribution in [2.24, 2.45) is 0 Å². The molecule has 5 heteroatoms. The lowest BCUT2D eigenvalue weighted by molar-refractivity contribution is 1.17. The molecule has 0 atom stereocenters. The minimum absolute atomic E-state index is 0.224. The average Bonchev–Trinajstić information content (AvgIpc) is 2.39. The second-order valence-electron chi connectivity index (χ2n) is 3.75. The number of hydrogen-bond acceptors (Lipinski definition) is 4. The highest BCUT2D eigenvalue weighted by molar-refractivity contribution is 6.28. The summed E-state index contributed by atoms with van der Waals surface area (Å²) in [4.78, 5) is 12.2. The van der Waals surface area contributed by atoms with Crippen LogP contribution in [-0.2, 0) is 0 Å². The van der Waals surface area contributed by atoms with Crippen LogP contribution in [0, 0.1) is 0 Å². The van der Waals surface area contributed by atoms with E-state index in [1.54, 1.807) is 18.5 Å². The zero-order valence-corrected chi connectivity index (χ0v) is 10.1. The van der Waals surface area contributed by atoms with Gasteiger partial charge in [0.1, 0.15) is 5.82 Å². The van der Waals surface area contributed by atoms with Gasteiger partial charge < -0.3 is 5.32 Å². The molecule has 3 aromatic rings. The second kappa shape index (κ2) is 4.58. The minimum atomic E-state index is 0.224. The topological polar surface area (TPSA) is 50.7 Å². The van der Waals surface area contributed by atoms with E-state index < -0.39 is 0 Å².